The summed E-state index contributed by atoms with van der Waals surface area (Å²) in [5.74, 6) is 0.847. The summed E-state index contributed by atoms with van der Waals surface area (Å²) in [6, 6.07) is 27.1. The zero-order valence-electron chi connectivity index (χ0n) is 19.5. The van der Waals surface area contributed by atoms with Crippen molar-refractivity contribution in [2.45, 2.75) is 18.5 Å². The number of carbonyl (C=O) groups is 1. The molecule has 0 heterocycles. The number of ketones is 1. The SMILES string of the molecule is C[C@H](NC1(c2ccccc2)c2ccccc2-c2ccccc21)C(=O)[C]1[CH][CH][CH][CH]1.[CH]1[CH][CH][CH][CH]1.[Fe+2]. The Kier molecular flexibility index (Phi) is 8.65. The second-order valence-electron chi connectivity index (χ2n) is 8.57. The van der Waals surface area contributed by atoms with E-state index in [0.29, 0.717) is 0 Å². The molecule has 3 aromatic carbocycles. The molecule has 2 fully saturated rings. The molecule has 0 unspecified atom stereocenters. The van der Waals surface area contributed by atoms with Gasteiger partial charge in [-0.1, -0.05) is 78.9 Å². The fourth-order valence-electron chi connectivity index (χ4n) is 4.97. The van der Waals surface area contributed by atoms with Gasteiger partial charge in [0.05, 0.1) is 17.5 Å². The maximum atomic E-state index is 13.1. The fraction of sp³-hybridized carbons (Fsp3) is 0.0938. The predicted octanol–water partition coefficient (Wildman–Crippen LogP) is 5.93. The molecule has 0 saturated heterocycles. The van der Waals surface area contributed by atoms with E-state index in [-0.39, 0.29) is 28.9 Å². The second kappa shape index (κ2) is 11.7. The number of fused-ring (bicyclic) bond motifs is 3. The third-order valence-electron chi connectivity index (χ3n) is 6.49. The van der Waals surface area contributed by atoms with Gasteiger partial charge in [-0.15, -0.1) is 0 Å². The van der Waals surface area contributed by atoms with E-state index >= 15 is 0 Å². The Bertz CT molecular complexity index is 1060. The van der Waals surface area contributed by atoms with Gasteiger partial charge in [0.2, 0.25) is 0 Å². The van der Waals surface area contributed by atoms with Crippen LogP contribution in [0.5, 0.6) is 0 Å². The van der Waals surface area contributed by atoms with Gasteiger partial charge >= 0.3 is 17.1 Å². The maximum absolute atomic E-state index is 13.1. The van der Waals surface area contributed by atoms with Crippen LogP contribution in [0.15, 0.2) is 78.9 Å². The molecule has 35 heavy (non-hydrogen) atoms. The van der Waals surface area contributed by atoms with E-state index in [1.807, 2.05) is 70.8 Å². The summed E-state index contributed by atoms with van der Waals surface area (Å²) in [7, 11) is 0. The topological polar surface area (TPSA) is 29.1 Å². The van der Waals surface area contributed by atoms with E-state index in [1.165, 1.54) is 22.3 Å². The minimum absolute atomic E-state index is 0. The zero-order valence-corrected chi connectivity index (χ0v) is 20.6. The van der Waals surface area contributed by atoms with Gasteiger partial charge in [0.25, 0.3) is 0 Å². The first-order chi connectivity index (χ1) is 16.7. The molecule has 10 radical (unpaired) electrons. The van der Waals surface area contributed by atoms with Crippen molar-refractivity contribution >= 4 is 5.78 Å². The summed E-state index contributed by atoms with van der Waals surface area (Å²) < 4.78 is 0. The van der Waals surface area contributed by atoms with E-state index in [2.05, 4.69) is 78.1 Å². The summed E-state index contributed by atoms with van der Waals surface area (Å²) in [5.41, 5.74) is 5.37. The molecular weight excluding hydrogens is 470 g/mol. The first kappa shape index (κ1) is 25.9. The van der Waals surface area contributed by atoms with Crippen LogP contribution < -0.4 is 5.32 Å². The summed E-state index contributed by atoms with van der Waals surface area (Å²) in [6.45, 7) is 1.96. The van der Waals surface area contributed by atoms with Crippen LogP contribution in [-0.2, 0) is 27.4 Å². The third kappa shape index (κ3) is 5.05. The number of Topliss-reactive ketones (excluding diaryl/α,β-unsaturated/α-hetero) is 1. The predicted molar refractivity (Wildman–Crippen MR) is 138 cm³/mol. The summed E-state index contributed by atoms with van der Waals surface area (Å²) in [5, 5.41) is 3.76. The van der Waals surface area contributed by atoms with Gasteiger partial charge in [0.15, 0.2) is 5.78 Å². The van der Waals surface area contributed by atoms with Gasteiger partial charge < -0.3 is 0 Å². The van der Waals surface area contributed by atoms with Crippen molar-refractivity contribution in [3.05, 3.63) is 159 Å². The monoisotopic (exact) mass is 497 g/mol. The molecule has 6 rings (SSSR count). The fourth-order valence-corrected chi connectivity index (χ4v) is 4.97. The van der Waals surface area contributed by atoms with Crippen molar-refractivity contribution in [1.82, 2.24) is 5.32 Å². The molecule has 0 amide bonds. The number of benzene rings is 3. The molecule has 3 aromatic rings. The van der Waals surface area contributed by atoms with Gasteiger partial charge in [0.1, 0.15) is 0 Å². The van der Waals surface area contributed by atoms with E-state index in [1.54, 1.807) is 0 Å². The van der Waals surface area contributed by atoms with Crippen LogP contribution in [0.4, 0.5) is 0 Å². The van der Waals surface area contributed by atoms with Gasteiger partial charge in [-0.2, -0.15) is 0 Å². The van der Waals surface area contributed by atoms with Gasteiger partial charge in [-0.3, -0.25) is 10.1 Å². The average molecular weight is 497 g/mol. The molecule has 172 valence electrons. The molecular formula is C32H27FeNO+2. The van der Waals surface area contributed by atoms with Crippen molar-refractivity contribution in [2.75, 3.05) is 0 Å². The Labute approximate surface area is 221 Å². The van der Waals surface area contributed by atoms with Gasteiger partial charge in [-0.05, 0) is 92.5 Å². The molecule has 0 aliphatic heterocycles. The molecule has 2 nitrogen and oxygen atoms in total. The van der Waals surface area contributed by atoms with Crippen molar-refractivity contribution in [1.29, 1.82) is 0 Å². The zero-order chi connectivity index (χ0) is 23.4. The van der Waals surface area contributed by atoms with E-state index in [4.69, 9.17) is 0 Å². The Morgan fingerprint density at radius 2 is 1.11 bits per heavy atom. The number of hydrogen-bond donors (Lipinski definition) is 1. The number of rotatable bonds is 5. The maximum Gasteiger partial charge on any atom is 2.00 e. The Morgan fingerprint density at radius 1 is 0.657 bits per heavy atom. The first-order valence-electron chi connectivity index (χ1n) is 11.7. The van der Waals surface area contributed by atoms with Crippen LogP contribution in [0.1, 0.15) is 23.6 Å². The van der Waals surface area contributed by atoms with Crippen molar-refractivity contribution < 1.29 is 21.9 Å². The number of carbonyl (C=O) groups excluding carboxylic acids is 1. The van der Waals surface area contributed by atoms with E-state index in [0.717, 1.165) is 11.5 Å². The smallest absolute Gasteiger partial charge is 0.297 e. The Hall–Kier alpha value is -2.19. The molecule has 3 aliphatic carbocycles. The molecule has 0 aromatic heterocycles. The minimum atomic E-state index is -0.573. The van der Waals surface area contributed by atoms with Crippen LogP contribution in [0, 0.1) is 63.7 Å². The molecule has 0 spiro atoms. The van der Waals surface area contributed by atoms with Gasteiger partial charge in [-0.25, -0.2) is 0 Å². The summed E-state index contributed by atoms with van der Waals surface area (Å²) >= 11 is 0. The number of hydrogen-bond acceptors (Lipinski definition) is 2. The summed E-state index contributed by atoms with van der Waals surface area (Å²) in [6.07, 6.45) is 17.6. The Morgan fingerprint density at radius 3 is 1.63 bits per heavy atom. The number of nitrogens with one attached hydrogen (secondary N) is 1. The largest absolute Gasteiger partial charge is 2.00 e. The first-order valence-corrected chi connectivity index (χ1v) is 11.7. The van der Waals surface area contributed by atoms with Gasteiger partial charge in [0, 0.05) is 0 Å². The standard InChI is InChI=1S/C27H22NO.C5H5.Fe/c1-19(26(29)20-11-5-6-12-20)28-27(21-13-3-2-4-14-21)24-17-9-7-15-22(24)23-16-8-10-18-25(23)27;1-2-4-5-3-1;/h2-19,28H,1H3;1-5H;/q;;+2/t19-;;/m0../s1. The molecule has 1 atom stereocenters. The molecule has 0 bridgehead atoms. The normalized spacial score (nSPS) is 18.5. The van der Waals surface area contributed by atoms with Crippen LogP contribution in [-0.4, -0.2) is 11.8 Å². The van der Waals surface area contributed by atoms with Crippen molar-refractivity contribution in [3.63, 3.8) is 0 Å². The Balaban J connectivity index is 0.000000431. The molecule has 2 saturated carbocycles. The molecule has 3 aliphatic rings. The molecule has 1 N–H and O–H groups in total. The van der Waals surface area contributed by atoms with Crippen LogP contribution in [0.25, 0.3) is 11.1 Å². The van der Waals surface area contributed by atoms with E-state index in [9.17, 15) is 4.79 Å². The quantitative estimate of drug-likeness (QED) is 0.443. The van der Waals surface area contributed by atoms with Crippen molar-refractivity contribution in [2.24, 2.45) is 0 Å². The van der Waals surface area contributed by atoms with Crippen molar-refractivity contribution in [3.8, 4) is 11.1 Å². The van der Waals surface area contributed by atoms with Crippen LogP contribution in [0.2, 0.25) is 0 Å². The van der Waals surface area contributed by atoms with Crippen LogP contribution in [0.3, 0.4) is 0 Å². The minimum Gasteiger partial charge on any atom is -0.297 e. The van der Waals surface area contributed by atoms with Crippen LogP contribution >= 0.6 is 0 Å². The van der Waals surface area contributed by atoms with E-state index < -0.39 is 5.54 Å². The molecule has 3 heteroatoms. The third-order valence-corrected chi connectivity index (χ3v) is 6.49. The summed E-state index contributed by atoms with van der Waals surface area (Å²) in [4.78, 5) is 13.1. The average Bonchev–Trinajstić information content (AvgIpc) is 3.68. The second-order valence-corrected chi connectivity index (χ2v) is 8.57.